The number of carbonyl (C=O) groups excluding carboxylic acids is 1. The first-order valence-corrected chi connectivity index (χ1v) is 12.2. The van der Waals surface area contributed by atoms with Gasteiger partial charge < -0.3 is 30.5 Å². The van der Waals surface area contributed by atoms with Crippen LogP contribution in [0.4, 0.5) is 0 Å². The number of carboxylic acid groups (broad SMARTS) is 1. The van der Waals surface area contributed by atoms with Crippen LogP contribution in [0, 0.1) is 5.92 Å². The second kappa shape index (κ2) is 6.91. The fraction of sp³-hybridized carbons (Fsp3) is 0.615. The van der Waals surface area contributed by atoms with E-state index in [1.165, 1.54) is 12.8 Å². The van der Waals surface area contributed by atoms with E-state index in [0.29, 0.717) is 31.6 Å². The van der Waals surface area contributed by atoms with Gasteiger partial charge in [0, 0.05) is 24.6 Å². The fourth-order valence-electron chi connectivity index (χ4n) is 7.18. The number of aliphatic hydroxyl groups is 2. The number of ether oxygens (including phenoxy) is 1. The maximum Gasteiger partial charge on any atom is 0.329 e. The zero-order chi connectivity index (χ0) is 23.6. The van der Waals surface area contributed by atoms with Gasteiger partial charge in [-0.3, -0.25) is 9.69 Å². The summed E-state index contributed by atoms with van der Waals surface area (Å²) in [4.78, 5) is 27.3. The Balaban J connectivity index is 0.00000229. The van der Waals surface area contributed by atoms with Crippen LogP contribution >= 0.6 is 0 Å². The van der Waals surface area contributed by atoms with Crippen LogP contribution in [0.5, 0.6) is 11.5 Å². The van der Waals surface area contributed by atoms with Crippen molar-refractivity contribution in [3.05, 3.63) is 34.6 Å². The van der Waals surface area contributed by atoms with Crippen LogP contribution in [-0.2, 0) is 21.4 Å². The molecule has 2 heterocycles. The molecular formula is C26H32N2O7. The van der Waals surface area contributed by atoms with Crippen LogP contribution in [0.1, 0.15) is 57.1 Å². The average Bonchev–Trinajstić information content (AvgIpc) is 3.71. The molecule has 4 atom stereocenters. The summed E-state index contributed by atoms with van der Waals surface area (Å²) in [5.41, 5.74) is -1.98. The van der Waals surface area contributed by atoms with Crippen LogP contribution < -0.4 is 10.1 Å². The van der Waals surface area contributed by atoms with E-state index < -0.39 is 34.5 Å². The number of hydrogen-bond acceptors (Lipinski definition) is 7. The van der Waals surface area contributed by atoms with Gasteiger partial charge in [0.1, 0.15) is 11.3 Å². The molecule has 2 bridgehead atoms. The van der Waals surface area contributed by atoms with Gasteiger partial charge in [-0.2, -0.15) is 0 Å². The minimum Gasteiger partial charge on any atom is -0.508 e. The summed E-state index contributed by atoms with van der Waals surface area (Å²) in [5, 5.41) is 46.6. The molecule has 2 aliphatic heterocycles. The first-order valence-electron chi connectivity index (χ1n) is 12.2. The van der Waals surface area contributed by atoms with Crippen molar-refractivity contribution in [1.29, 1.82) is 0 Å². The number of aliphatic hydroxyl groups excluding tert-OH is 1. The lowest BCUT2D eigenvalue weighted by molar-refractivity contribution is -0.172. The quantitative estimate of drug-likeness (QED) is 0.426. The maximum absolute atomic E-state index is 13.3. The van der Waals surface area contributed by atoms with Gasteiger partial charge in [-0.1, -0.05) is 13.5 Å². The zero-order valence-corrected chi connectivity index (χ0v) is 18.7. The lowest BCUT2D eigenvalue weighted by Crippen LogP contribution is -2.76. The molecule has 9 nitrogen and oxygen atoms in total. The number of piperidine rings is 1. The summed E-state index contributed by atoms with van der Waals surface area (Å²) < 4.78 is 6.16. The molecule has 188 valence electrons. The normalized spacial score (nSPS) is 35.5. The van der Waals surface area contributed by atoms with Crippen LogP contribution in [0.2, 0.25) is 0 Å². The lowest BCUT2D eigenvalue weighted by Gasteiger charge is -2.62. The molecule has 1 aromatic rings. The van der Waals surface area contributed by atoms with E-state index in [9.17, 15) is 30.0 Å². The molecule has 1 spiro atoms. The number of carboxylic acids is 1. The van der Waals surface area contributed by atoms with Crippen LogP contribution in [-0.4, -0.2) is 73.6 Å². The molecule has 4 aliphatic carbocycles. The highest BCUT2D eigenvalue weighted by Gasteiger charge is 2.73. The Kier molecular flexibility index (Phi) is 4.48. The standard InChI is InChI=1S/C25H28N2O7.CH4/c28-15-4-3-13-9-16-25(33)10-14(21(30)26-23(5-6-23)22(31)32)18(29)20-24(25,17(13)19(15)34-20)7-8-27(16)11-12-1-2-12;/h3-4,12,16,20,28-29,33H,1-2,5-11H2,(H,26,30)(H,31,32);1H4/t16-,20+,24+,25-;/m1./s1. The van der Waals surface area contributed by atoms with E-state index >= 15 is 0 Å². The van der Waals surface area contributed by atoms with Gasteiger partial charge in [-0.15, -0.1) is 0 Å². The van der Waals surface area contributed by atoms with Crippen LogP contribution in [0.15, 0.2) is 23.5 Å². The third-order valence-electron chi connectivity index (χ3n) is 9.30. The van der Waals surface area contributed by atoms with Gasteiger partial charge in [0.25, 0.3) is 5.91 Å². The topological polar surface area (TPSA) is 140 Å². The zero-order valence-electron chi connectivity index (χ0n) is 18.7. The second-order valence-corrected chi connectivity index (χ2v) is 11.1. The molecule has 9 heteroatoms. The van der Waals surface area contributed by atoms with Crippen molar-refractivity contribution >= 4 is 11.9 Å². The second-order valence-electron chi connectivity index (χ2n) is 11.1. The number of phenolic OH excluding ortho intramolecular Hbond substituents is 1. The number of amides is 1. The molecule has 0 unspecified atom stereocenters. The Labute approximate surface area is 203 Å². The number of rotatable bonds is 5. The molecule has 6 aliphatic rings. The van der Waals surface area contributed by atoms with E-state index in [1.54, 1.807) is 6.07 Å². The first kappa shape index (κ1) is 22.7. The van der Waals surface area contributed by atoms with Crippen LogP contribution in [0.3, 0.4) is 0 Å². The Morgan fingerprint density at radius 1 is 1.17 bits per heavy atom. The number of nitrogens with zero attached hydrogens (tertiary/aromatic N) is 1. The summed E-state index contributed by atoms with van der Waals surface area (Å²) in [7, 11) is 0. The van der Waals surface area contributed by atoms with Gasteiger partial charge in [-0.25, -0.2) is 4.79 Å². The SMILES string of the molecule is C.O=C(NC1(C(=O)O)CC1)C1=C(O)[C@@H]2Oc3c(O)ccc4c3[C@@]23CCN(CC2CC2)[C@H](C4)[C@]3(O)C1. The predicted molar refractivity (Wildman–Crippen MR) is 124 cm³/mol. The van der Waals surface area contributed by atoms with Crippen molar-refractivity contribution in [2.45, 2.75) is 81.1 Å². The number of aromatic hydroxyl groups is 1. The van der Waals surface area contributed by atoms with E-state index in [4.69, 9.17) is 4.74 Å². The average molecular weight is 485 g/mol. The fourth-order valence-corrected chi connectivity index (χ4v) is 7.18. The van der Waals surface area contributed by atoms with Crippen molar-refractivity contribution in [3.63, 3.8) is 0 Å². The van der Waals surface area contributed by atoms with Gasteiger partial charge >= 0.3 is 5.97 Å². The molecule has 5 N–H and O–H groups in total. The van der Waals surface area contributed by atoms with E-state index in [0.717, 1.165) is 24.2 Å². The van der Waals surface area contributed by atoms with E-state index in [1.807, 2.05) is 6.07 Å². The Morgan fingerprint density at radius 3 is 2.57 bits per heavy atom. The summed E-state index contributed by atoms with van der Waals surface area (Å²) in [6.45, 7) is 1.61. The number of benzene rings is 1. The molecule has 1 saturated heterocycles. The summed E-state index contributed by atoms with van der Waals surface area (Å²) in [5.74, 6) is -1.22. The number of nitrogens with one attached hydrogen (secondary N) is 1. The molecule has 7 rings (SSSR count). The number of phenols is 1. The van der Waals surface area contributed by atoms with Gasteiger partial charge in [0.2, 0.25) is 0 Å². The smallest absolute Gasteiger partial charge is 0.329 e. The van der Waals surface area contributed by atoms with E-state index in [2.05, 4.69) is 10.2 Å². The van der Waals surface area contributed by atoms with Crippen molar-refractivity contribution in [2.24, 2.45) is 5.92 Å². The maximum atomic E-state index is 13.3. The number of hydrogen-bond donors (Lipinski definition) is 5. The Morgan fingerprint density at radius 2 is 1.91 bits per heavy atom. The highest BCUT2D eigenvalue weighted by molar-refractivity contribution is 5.99. The Bertz CT molecular complexity index is 1190. The third kappa shape index (κ3) is 2.71. The molecule has 1 amide bonds. The van der Waals surface area contributed by atoms with E-state index in [-0.39, 0.29) is 42.7 Å². The molecule has 3 fully saturated rings. The minimum atomic E-state index is -1.41. The molecule has 2 saturated carbocycles. The summed E-state index contributed by atoms with van der Waals surface area (Å²) in [6, 6.07) is 3.19. The van der Waals surface area contributed by atoms with Crippen molar-refractivity contribution < 1.29 is 34.8 Å². The number of aliphatic carboxylic acids is 1. The summed E-state index contributed by atoms with van der Waals surface area (Å²) in [6.07, 6.45) is 2.99. The van der Waals surface area contributed by atoms with Gasteiger partial charge in [0.15, 0.2) is 17.6 Å². The number of likely N-dealkylation sites (tertiary alicyclic amines) is 1. The van der Waals surface area contributed by atoms with Crippen molar-refractivity contribution in [2.75, 3.05) is 13.1 Å². The first-order chi connectivity index (χ1) is 16.2. The van der Waals surface area contributed by atoms with Crippen molar-refractivity contribution in [1.82, 2.24) is 10.2 Å². The molecule has 1 aromatic carbocycles. The minimum absolute atomic E-state index is 0. The van der Waals surface area contributed by atoms with Crippen LogP contribution in [0.25, 0.3) is 0 Å². The largest absolute Gasteiger partial charge is 0.508 e. The summed E-state index contributed by atoms with van der Waals surface area (Å²) >= 11 is 0. The molecule has 0 radical (unpaired) electrons. The van der Waals surface area contributed by atoms with Crippen molar-refractivity contribution in [3.8, 4) is 11.5 Å². The number of carbonyl (C=O) groups is 2. The van der Waals surface area contributed by atoms with Gasteiger partial charge in [-0.05, 0) is 62.6 Å². The highest BCUT2D eigenvalue weighted by atomic mass is 16.5. The predicted octanol–water partition coefficient (Wildman–Crippen LogP) is 1.75. The molecule has 0 aromatic heterocycles. The lowest BCUT2D eigenvalue weighted by atomic mass is 9.49. The Hall–Kier alpha value is -2.78. The molecular weight excluding hydrogens is 452 g/mol. The molecule has 35 heavy (non-hydrogen) atoms. The third-order valence-corrected chi connectivity index (χ3v) is 9.30. The monoisotopic (exact) mass is 484 g/mol. The van der Waals surface area contributed by atoms with Gasteiger partial charge in [0.05, 0.1) is 16.6 Å². The highest BCUT2D eigenvalue weighted by Crippen LogP contribution is 2.66.